The van der Waals surface area contributed by atoms with Crippen molar-refractivity contribution in [1.82, 2.24) is 10.6 Å². The number of nitrogens with one attached hydrogen (secondary N) is 2. The molecule has 1 amide bonds. The summed E-state index contributed by atoms with van der Waals surface area (Å²) in [4.78, 5) is 12.4. The molecule has 1 saturated heterocycles. The van der Waals surface area contributed by atoms with Crippen LogP contribution in [0.1, 0.15) is 38.7 Å². The second kappa shape index (κ2) is 7.63. The summed E-state index contributed by atoms with van der Waals surface area (Å²) in [5.41, 5.74) is 1.25. The van der Waals surface area contributed by atoms with E-state index in [0.29, 0.717) is 6.42 Å². The fraction of sp³-hybridized carbons (Fsp3) is 0.611. The van der Waals surface area contributed by atoms with E-state index >= 15 is 0 Å². The molecule has 0 spiro atoms. The van der Waals surface area contributed by atoms with Crippen LogP contribution in [0.5, 0.6) is 5.75 Å². The SMILES string of the molecule is CCC(Oc1ccccc1C)C(=O)NCC1(C)CCNCC1. The molecule has 1 aromatic carbocycles. The Balaban J connectivity index is 1.90. The zero-order valence-electron chi connectivity index (χ0n) is 13.9. The first-order valence-corrected chi connectivity index (χ1v) is 8.25. The Labute approximate surface area is 133 Å². The van der Waals surface area contributed by atoms with Gasteiger partial charge in [0.2, 0.25) is 0 Å². The van der Waals surface area contributed by atoms with Crippen molar-refractivity contribution in [2.75, 3.05) is 19.6 Å². The number of carbonyl (C=O) groups is 1. The van der Waals surface area contributed by atoms with Crippen molar-refractivity contribution in [3.05, 3.63) is 29.8 Å². The smallest absolute Gasteiger partial charge is 0.261 e. The molecule has 1 unspecified atom stereocenters. The molecule has 2 rings (SSSR count). The van der Waals surface area contributed by atoms with Crippen molar-refractivity contribution in [1.29, 1.82) is 0 Å². The van der Waals surface area contributed by atoms with Crippen LogP contribution < -0.4 is 15.4 Å². The Morgan fingerprint density at radius 3 is 2.68 bits per heavy atom. The van der Waals surface area contributed by atoms with Crippen LogP contribution in [0.3, 0.4) is 0 Å². The first-order valence-electron chi connectivity index (χ1n) is 8.25. The van der Waals surface area contributed by atoms with E-state index in [2.05, 4.69) is 17.6 Å². The Kier molecular flexibility index (Phi) is 5.83. The summed E-state index contributed by atoms with van der Waals surface area (Å²) in [5.74, 6) is 0.781. The van der Waals surface area contributed by atoms with Gasteiger partial charge in [0.1, 0.15) is 5.75 Å². The van der Waals surface area contributed by atoms with Gasteiger partial charge in [-0.05, 0) is 56.3 Å². The molecule has 22 heavy (non-hydrogen) atoms. The van der Waals surface area contributed by atoms with Gasteiger partial charge in [-0.1, -0.05) is 32.0 Å². The largest absolute Gasteiger partial charge is 0.480 e. The van der Waals surface area contributed by atoms with E-state index in [1.165, 1.54) is 0 Å². The van der Waals surface area contributed by atoms with E-state index in [1.807, 2.05) is 38.1 Å². The third kappa shape index (κ3) is 4.47. The normalized spacial score (nSPS) is 18.5. The fourth-order valence-electron chi connectivity index (χ4n) is 2.79. The predicted molar refractivity (Wildman–Crippen MR) is 89.1 cm³/mol. The third-order valence-corrected chi connectivity index (χ3v) is 4.53. The van der Waals surface area contributed by atoms with Crippen LogP contribution in [0, 0.1) is 12.3 Å². The molecule has 0 bridgehead atoms. The molecule has 1 aliphatic rings. The molecule has 1 fully saturated rings. The number of rotatable bonds is 6. The Morgan fingerprint density at radius 2 is 2.05 bits per heavy atom. The molecular weight excluding hydrogens is 276 g/mol. The number of ether oxygens (including phenoxy) is 1. The lowest BCUT2D eigenvalue weighted by Gasteiger charge is -2.34. The highest BCUT2D eigenvalue weighted by atomic mass is 16.5. The molecule has 1 atom stereocenters. The number of benzene rings is 1. The summed E-state index contributed by atoms with van der Waals surface area (Å²) in [5, 5.41) is 6.45. The van der Waals surface area contributed by atoms with Crippen molar-refractivity contribution in [2.45, 2.75) is 46.1 Å². The first-order chi connectivity index (χ1) is 10.5. The Hall–Kier alpha value is -1.55. The van der Waals surface area contributed by atoms with E-state index < -0.39 is 6.10 Å². The van der Waals surface area contributed by atoms with Crippen molar-refractivity contribution >= 4 is 5.91 Å². The summed E-state index contributed by atoms with van der Waals surface area (Å²) in [6.45, 7) is 9.01. The lowest BCUT2D eigenvalue weighted by Crippen LogP contribution is -2.46. The van der Waals surface area contributed by atoms with Crippen LogP contribution in [0.25, 0.3) is 0 Å². The molecule has 1 aliphatic heterocycles. The topological polar surface area (TPSA) is 50.4 Å². The molecular formula is C18H28N2O2. The summed E-state index contributed by atoms with van der Waals surface area (Å²) in [6.07, 6.45) is 2.44. The molecule has 0 aliphatic carbocycles. The Bertz CT molecular complexity index is 496. The van der Waals surface area contributed by atoms with Crippen LogP contribution in [-0.4, -0.2) is 31.6 Å². The second-order valence-electron chi connectivity index (χ2n) is 6.56. The number of carbonyl (C=O) groups excluding carboxylic acids is 1. The number of aryl methyl sites for hydroxylation is 1. The molecule has 1 aromatic rings. The summed E-state index contributed by atoms with van der Waals surface area (Å²) in [7, 11) is 0. The van der Waals surface area contributed by atoms with Gasteiger partial charge in [-0.3, -0.25) is 4.79 Å². The second-order valence-corrected chi connectivity index (χ2v) is 6.56. The van der Waals surface area contributed by atoms with Crippen molar-refractivity contribution in [3.63, 3.8) is 0 Å². The molecule has 2 N–H and O–H groups in total. The maximum atomic E-state index is 12.4. The number of hydrogen-bond donors (Lipinski definition) is 2. The quantitative estimate of drug-likeness (QED) is 0.849. The standard InChI is InChI=1S/C18H28N2O2/c1-4-15(22-16-8-6-5-7-14(16)2)17(21)20-13-18(3)9-11-19-12-10-18/h5-8,15,19H,4,9-13H2,1-3H3,(H,20,21). The lowest BCUT2D eigenvalue weighted by atomic mass is 9.81. The van der Waals surface area contributed by atoms with Gasteiger partial charge in [0.05, 0.1) is 0 Å². The van der Waals surface area contributed by atoms with E-state index in [1.54, 1.807) is 0 Å². The van der Waals surface area contributed by atoms with Gasteiger partial charge in [-0.25, -0.2) is 0 Å². The third-order valence-electron chi connectivity index (χ3n) is 4.53. The molecule has 0 radical (unpaired) electrons. The van der Waals surface area contributed by atoms with Gasteiger partial charge < -0.3 is 15.4 Å². The number of amides is 1. The van der Waals surface area contributed by atoms with Crippen molar-refractivity contribution in [2.24, 2.45) is 5.41 Å². The number of hydrogen-bond acceptors (Lipinski definition) is 3. The average molecular weight is 304 g/mol. The van der Waals surface area contributed by atoms with Crippen LogP contribution in [0.4, 0.5) is 0 Å². The maximum absolute atomic E-state index is 12.4. The molecule has 0 saturated carbocycles. The van der Waals surface area contributed by atoms with Gasteiger partial charge in [0.15, 0.2) is 6.10 Å². The van der Waals surface area contributed by atoms with Crippen molar-refractivity contribution in [3.8, 4) is 5.75 Å². The highest BCUT2D eigenvalue weighted by Gasteiger charge is 2.28. The molecule has 4 heteroatoms. The predicted octanol–water partition coefficient (Wildman–Crippen LogP) is 2.66. The van der Waals surface area contributed by atoms with Gasteiger partial charge in [-0.15, -0.1) is 0 Å². The molecule has 1 heterocycles. The highest BCUT2D eigenvalue weighted by Crippen LogP contribution is 2.27. The van der Waals surface area contributed by atoms with E-state index in [0.717, 1.165) is 43.8 Å². The average Bonchev–Trinajstić information content (AvgIpc) is 2.53. The van der Waals surface area contributed by atoms with Gasteiger partial charge in [-0.2, -0.15) is 0 Å². The first kappa shape index (κ1) is 16.8. The number of para-hydroxylation sites is 1. The minimum absolute atomic E-state index is 0.00879. The fourth-order valence-corrected chi connectivity index (χ4v) is 2.79. The van der Waals surface area contributed by atoms with Crippen molar-refractivity contribution < 1.29 is 9.53 Å². The zero-order chi connectivity index (χ0) is 16.0. The van der Waals surface area contributed by atoms with Gasteiger partial charge in [0.25, 0.3) is 5.91 Å². The van der Waals surface area contributed by atoms with E-state index in [4.69, 9.17) is 4.74 Å². The Morgan fingerprint density at radius 1 is 1.36 bits per heavy atom. The lowest BCUT2D eigenvalue weighted by molar-refractivity contribution is -0.128. The van der Waals surface area contributed by atoms with E-state index in [9.17, 15) is 4.79 Å². The van der Waals surface area contributed by atoms with Gasteiger partial charge in [0, 0.05) is 6.54 Å². The molecule has 0 aromatic heterocycles. The van der Waals surface area contributed by atoms with Crippen LogP contribution in [0.15, 0.2) is 24.3 Å². The molecule has 4 nitrogen and oxygen atoms in total. The highest BCUT2D eigenvalue weighted by molar-refractivity contribution is 5.81. The van der Waals surface area contributed by atoms with E-state index in [-0.39, 0.29) is 11.3 Å². The van der Waals surface area contributed by atoms with Gasteiger partial charge >= 0.3 is 0 Å². The van der Waals surface area contributed by atoms with Crippen LogP contribution in [-0.2, 0) is 4.79 Å². The van der Waals surface area contributed by atoms with Crippen LogP contribution >= 0.6 is 0 Å². The number of piperidine rings is 1. The minimum Gasteiger partial charge on any atom is -0.480 e. The monoisotopic (exact) mass is 304 g/mol. The summed E-state index contributed by atoms with van der Waals surface area (Å²) >= 11 is 0. The molecule has 122 valence electrons. The zero-order valence-corrected chi connectivity index (χ0v) is 13.9. The maximum Gasteiger partial charge on any atom is 0.261 e. The van der Waals surface area contributed by atoms with Crippen LogP contribution in [0.2, 0.25) is 0 Å². The minimum atomic E-state index is -0.425. The summed E-state index contributed by atoms with van der Waals surface area (Å²) in [6, 6.07) is 7.82. The summed E-state index contributed by atoms with van der Waals surface area (Å²) < 4.78 is 5.90.